The Labute approximate surface area is 369 Å². The van der Waals surface area contributed by atoms with E-state index in [4.69, 9.17) is 24.7 Å². The fourth-order valence-corrected chi connectivity index (χ4v) is 5.93. The van der Waals surface area contributed by atoms with Gasteiger partial charge in [0.2, 0.25) is 17.7 Å². The second-order valence-electron chi connectivity index (χ2n) is 16.1. The molecule has 3 rings (SSSR count). The molecule has 3 aromatic rings. The van der Waals surface area contributed by atoms with Gasteiger partial charge in [0.1, 0.15) is 37.5 Å². The van der Waals surface area contributed by atoms with Crippen LogP contribution in [0.4, 0.5) is 4.79 Å². The number of rotatable bonds is 26. The Morgan fingerprint density at radius 3 is 1.57 bits per heavy atom. The van der Waals surface area contributed by atoms with E-state index in [1.807, 2.05) is 30.3 Å². The largest absolute Gasteiger partial charge is 0.461 e. The van der Waals surface area contributed by atoms with E-state index in [-0.39, 0.29) is 58.3 Å². The second-order valence-corrected chi connectivity index (χ2v) is 16.1. The van der Waals surface area contributed by atoms with Crippen LogP contribution in [0.3, 0.4) is 0 Å². The van der Waals surface area contributed by atoms with E-state index >= 15 is 0 Å². The number of amides is 4. The zero-order chi connectivity index (χ0) is 46.0. The molecule has 0 radical (unpaired) electrons. The predicted molar refractivity (Wildman–Crippen MR) is 234 cm³/mol. The predicted octanol–water partition coefficient (Wildman–Crippen LogP) is 5.05. The van der Waals surface area contributed by atoms with Crippen LogP contribution in [-0.4, -0.2) is 78.0 Å². The maximum atomic E-state index is 13.9. The molecule has 3 aromatic carbocycles. The molecule has 63 heavy (non-hydrogen) atoms. The zero-order valence-corrected chi connectivity index (χ0v) is 36.7. The molecule has 0 bridgehead atoms. The van der Waals surface area contributed by atoms with Crippen molar-refractivity contribution in [2.24, 2.45) is 5.73 Å². The number of unbranched alkanes of at least 4 members (excludes halogenated alkanes) is 1. The summed E-state index contributed by atoms with van der Waals surface area (Å²) in [5.41, 5.74) is 7.74. The Kier molecular flexibility index (Phi) is 22.4. The summed E-state index contributed by atoms with van der Waals surface area (Å²) in [5.74, 6) is -3.76. The fourth-order valence-electron chi connectivity index (χ4n) is 5.93. The Morgan fingerprint density at radius 2 is 1.06 bits per heavy atom. The molecular formula is C47H63N5O11. The smallest absolute Gasteiger partial charge is 0.407 e. The molecule has 0 saturated carbocycles. The lowest BCUT2D eigenvalue weighted by molar-refractivity contribution is -0.151. The van der Waals surface area contributed by atoms with Crippen LogP contribution in [0.1, 0.15) is 102 Å². The summed E-state index contributed by atoms with van der Waals surface area (Å²) in [6, 6.07) is 23.1. The number of carbonyl (C=O) groups is 7. The Balaban J connectivity index is 1.60. The first-order valence-corrected chi connectivity index (χ1v) is 21.3. The van der Waals surface area contributed by atoms with Gasteiger partial charge in [0.05, 0.1) is 6.04 Å². The fraction of sp³-hybridized carbons (Fsp3) is 0.468. The van der Waals surface area contributed by atoms with E-state index in [9.17, 15) is 33.6 Å². The monoisotopic (exact) mass is 873 g/mol. The first-order valence-electron chi connectivity index (χ1n) is 21.3. The summed E-state index contributed by atoms with van der Waals surface area (Å²) in [6.07, 6.45) is 0.270. The molecule has 0 heterocycles. The molecule has 0 saturated heterocycles. The third-order valence-corrected chi connectivity index (χ3v) is 9.38. The molecule has 4 amide bonds. The van der Waals surface area contributed by atoms with Crippen molar-refractivity contribution < 1.29 is 52.5 Å². The number of ether oxygens (including phenoxy) is 4. The van der Waals surface area contributed by atoms with Crippen LogP contribution in [0, 0.1) is 0 Å². The molecule has 0 aliphatic heterocycles. The summed E-state index contributed by atoms with van der Waals surface area (Å²) in [4.78, 5) is 90.8. The number of benzene rings is 3. The van der Waals surface area contributed by atoms with Gasteiger partial charge >= 0.3 is 24.0 Å². The SMILES string of the molecule is CC(CCC(=O)NC(CCC(=O)OCc1ccccc1)C(=O)NC(CCC(=O)OCc1ccccc1)C(=O)OCc1ccccc1)NC(=O)C(N)CCCCNC(=O)OC(C)(C)C. The highest BCUT2D eigenvalue weighted by molar-refractivity contribution is 5.91. The van der Waals surface area contributed by atoms with Crippen LogP contribution >= 0.6 is 0 Å². The number of nitrogens with two attached hydrogens (primary N) is 1. The van der Waals surface area contributed by atoms with Gasteiger partial charge in [-0.3, -0.25) is 24.0 Å². The zero-order valence-electron chi connectivity index (χ0n) is 36.7. The quantitative estimate of drug-likeness (QED) is 0.0405. The van der Waals surface area contributed by atoms with Crippen molar-refractivity contribution >= 4 is 41.7 Å². The van der Waals surface area contributed by atoms with Crippen molar-refractivity contribution in [2.45, 2.75) is 135 Å². The lowest BCUT2D eigenvalue weighted by atomic mass is 10.1. The van der Waals surface area contributed by atoms with Gasteiger partial charge in [-0.1, -0.05) is 91.0 Å². The van der Waals surface area contributed by atoms with Crippen molar-refractivity contribution in [3.8, 4) is 0 Å². The van der Waals surface area contributed by atoms with Crippen LogP contribution in [0.5, 0.6) is 0 Å². The Hall–Kier alpha value is -6.29. The summed E-state index contributed by atoms with van der Waals surface area (Å²) in [5, 5.41) is 10.8. The van der Waals surface area contributed by atoms with Crippen molar-refractivity contribution in [2.75, 3.05) is 6.54 Å². The molecule has 0 aromatic heterocycles. The van der Waals surface area contributed by atoms with Crippen molar-refractivity contribution in [1.82, 2.24) is 21.3 Å². The van der Waals surface area contributed by atoms with E-state index in [2.05, 4.69) is 21.3 Å². The van der Waals surface area contributed by atoms with Gasteiger partial charge in [-0.15, -0.1) is 0 Å². The first-order chi connectivity index (χ1) is 30.1. The Morgan fingerprint density at radius 1 is 0.571 bits per heavy atom. The number of nitrogens with one attached hydrogen (secondary N) is 4. The lowest BCUT2D eigenvalue weighted by Crippen LogP contribution is -2.52. The number of alkyl carbamates (subject to hydrolysis) is 1. The van der Waals surface area contributed by atoms with Crippen molar-refractivity contribution in [3.05, 3.63) is 108 Å². The topological polar surface area (TPSA) is 231 Å². The minimum atomic E-state index is -1.31. The minimum absolute atomic E-state index is 0.0111. The molecule has 0 aliphatic carbocycles. The van der Waals surface area contributed by atoms with E-state index in [0.29, 0.717) is 31.4 Å². The number of hydrogen-bond donors (Lipinski definition) is 5. The average molecular weight is 874 g/mol. The molecule has 0 spiro atoms. The van der Waals surface area contributed by atoms with Crippen LogP contribution in [-0.2, 0) is 67.5 Å². The molecular weight excluding hydrogens is 811 g/mol. The summed E-state index contributed by atoms with van der Waals surface area (Å²) in [6.45, 7) is 7.34. The highest BCUT2D eigenvalue weighted by Gasteiger charge is 2.29. The van der Waals surface area contributed by atoms with Gasteiger partial charge < -0.3 is 45.9 Å². The van der Waals surface area contributed by atoms with Gasteiger partial charge in [-0.05, 0) is 82.9 Å². The molecule has 342 valence electrons. The van der Waals surface area contributed by atoms with Crippen molar-refractivity contribution in [1.29, 1.82) is 0 Å². The highest BCUT2D eigenvalue weighted by atomic mass is 16.6. The standard InChI is InChI=1S/C47H63N5O11/c1-33(50-43(56)37(48)22-14-15-29-49-46(59)63-47(2,3)4)23-26-40(53)51-38(24-27-41(54)60-30-34-16-8-5-9-17-34)44(57)52-39(45(58)62-32-36-20-12-7-13-21-36)25-28-42(55)61-31-35-18-10-6-11-19-35/h5-13,16-21,33,37-39H,14-15,22-32,48H2,1-4H3,(H,49,59)(H,50,56)(H,51,53)(H,52,57). The van der Waals surface area contributed by atoms with Gasteiger partial charge in [-0.2, -0.15) is 0 Å². The van der Waals surface area contributed by atoms with Crippen LogP contribution < -0.4 is 27.0 Å². The molecule has 4 unspecified atom stereocenters. The highest BCUT2D eigenvalue weighted by Crippen LogP contribution is 2.12. The molecule has 4 atom stereocenters. The number of hydrogen-bond acceptors (Lipinski definition) is 12. The van der Waals surface area contributed by atoms with Gasteiger partial charge in [0.25, 0.3) is 0 Å². The molecule has 16 heteroatoms. The van der Waals surface area contributed by atoms with E-state index in [1.165, 1.54) is 0 Å². The maximum Gasteiger partial charge on any atom is 0.407 e. The third-order valence-electron chi connectivity index (χ3n) is 9.38. The normalized spacial score (nSPS) is 12.9. The van der Waals surface area contributed by atoms with Crippen LogP contribution in [0.25, 0.3) is 0 Å². The summed E-state index contributed by atoms with van der Waals surface area (Å²) in [7, 11) is 0. The number of carbonyl (C=O) groups excluding carboxylic acids is 7. The molecule has 6 N–H and O–H groups in total. The second kappa shape index (κ2) is 27.6. The van der Waals surface area contributed by atoms with E-state index < -0.39 is 71.5 Å². The molecule has 16 nitrogen and oxygen atoms in total. The van der Waals surface area contributed by atoms with Gasteiger partial charge in [0.15, 0.2) is 0 Å². The lowest BCUT2D eigenvalue weighted by Gasteiger charge is -2.23. The molecule has 0 fully saturated rings. The third kappa shape index (κ3) is 22.4. The average Bonchev–Trinajstić information content (AvgIpc) is 3.26. The van der Waals surface area contributed by atoms with Crippen LogP contribution in [0.15, 0.2) is 91.0 Å². The maximum absolute atomic E-state index is 13.9. The first kappa shape index (κ1) is 51.1. The molecule has 0 aliphatic rings. The van der Waals surface area contributed by atoms with Crippen LogP contribution in [0.2, 0.25) is 0 Å². The van der Waals surface area contributed by atoms with Gasteiger partial charge in [-0.25, -0.2) is 9.59 Å². The van der Waals surface area contributed by atoms with E-state index in [0.717, 1.165) is 11.1 Å². The summed E-state index contributed by atoms with van der Waals surface area (Å²) >= 11 is 0. The Bertz CT molecular complexity index is 1890. The van der Waals surface area contributed by atoms with Gasteiger partial charge in [0, 0.05) is 31.8 Å². The van der Waals surface area contributed by atoms with Crippen molar-refractivity contribution in [3.63, 3.8) is 0 Å². The minimum Gasteiger partial charge on any atom is -0.461 e. The van der Waals surface area contributed by atoms with E-state index in [1.54, 1.807) is 88.4 Å². The summed E-state index contributed by atoms with van der Waals surface area (Å²) < 4.78 is 21.5. The number of esters is 3.